The second-order valence-electron chi connectivity index (χ2n) is 5.68. The van der Waals surface area contributed by atoms with Crippen LogP contribution in [0.25, 0.3) is 0 Å². The summed E-state index contributed by atoms with van der Waals surface area (Å²) in [6.45, 7) is 4.86. The highest BCUT2D eigenvalue weighted by molar-refractivity contribution is 5.72. The highest BCUT2D eigenvalue weighted by Gasteiger charge is 2.32. The average Bonchev–Trinajstić information content (AvgIpc) is 3.10. The second-order valence-corrected chi connectivity index (χ2v) is 5.68. The largest absolute Gasteiger partial charge is 0.351 e. The quantitative estimate of drug-likeness (QED) is 0.765. The van der Waals surface area contributed by atoms with Crippen LogP contribution in [0.15, 0.2) is 0 Å². The molecule has 0 radical (unpaired) electrons. The highest BCUT2D eigenvalue weighted by atomic mass is 16.2. The molecule has 0 aromatic rings. The van der Waals surface area contributed by atoms with Crippen molar-refractivity contribution in [1.29, 1.82) is 0 Å². The van der Waals surface area contributed by atoms with Gasteiger partial charge in [0.15, 0.2) is 0 Å². The first-order chi connectivity index (χ1) is 8.19. The molecule has 1 aliphatic carbocycles. The summed E-state index contributed by atoms with van der Waals surface area (Å²) in [5.41, 5.74) is 5.43. The van der Waals surface area contributed by atoms with E-state index in [1.807, 2.05) is 4.90 Å². The first-order valence-electron chi connectivity index (χ1n) is 6.96. The van der Waals surface area contributed by atoms with E-state index >= 15 is 0 Å². The maximum atomic E-state index is 11.3. The summed E-state index contributed by atoms with van der Waals surface area (Å²) < 4.78 is 0. The minimum absolute atomic E-state index is 0.256. The zero-order valence-corrected chi connectivity index (χ0v) is 10.8. The number of primary amides is 1. The van der Waals surface area contributed by atoms with E-state index in [9.17, 15) is 4.79 Å². The van der Waals surface area contributed by atoms with Crippen LogP contribution in [0.1, 0.15) is 39.0 Å². The summed E-state index contributed by atoms with van der Waals surface area (Å²) in [6.07, 6.45) is 6.41. The topological polar surface area (TPSA) is 58.4 Å². The molecule has 1 aliphatic heterocycles. The van der Waals surface area contributed by atoms with Crippen LogP contribution < -0.4 is 11.1 Å². The maximum Gasteiger partial charge on any atom is 0.314 e. The van der Waals surface area contributed by atoms with Gasteiger partial charge in [-0.1, -0.05) is 19.8 Å². The molecule has 2 amide bonds. The fourth-order valence-electron chi connectivity index (χ4n) is 2.88. The standard InChI is InChI=1S/C13H25N3O/c1-2-5-15-12-7-11(6-10-3-4-10)8-16(9-12)13(14)17/h10-12,15H,2-9H2,1H3,(H2,14,17). The summed E-state index contributed by atoms with van der Waals surface area (Å²) in [4.78, 5) is 13.2. The van der Waals surface area contributed by atoms with E-state index in [0.717, 1.165) is 32.0 Å². The molecular formula is C13H25N3O. The van der Waals surface area contributed by atoms with E-state index in [1.165, 1.54) is 25.7 Å². The first kappa shape index (κ1) is 12.7. The van der Waals surface area contributed by atoms with Gasteiger partial charge in [-0.2, -0.15) is 0 Å². The van der Waals surface area contributed by atoms with Crippen LogP contribution in [0.5, 0.6) is 0 Å². The molecule has 0 bridgehead atoms. The van der Waals surface area contributed by atoms with Crippen LogP contribution in [0.2, 0.25) is 0 Å². The molecule has 2 fully saturated rings. The van der Waals surface area contributed by atoms with Gasteiger partial charge >= 0.3 is 6.03 Å². The molecule has 0 aromatic carbocycles. The lowest BCUT2D eigenvalue weighted by Gasteiger charge is -2.37. The van der Waals surface area contributed by atoms with Crippen molar-refractivity contribution in [2.24, 2.45) is 17.6 Å². The van der Waals surface area contributed by atoms with Gasteiger partial charge in [0.25, 0.3) is 0 Å². The third-order valence-corrected chi connectivity index (χ3v) is 3.90. The van der Waals surface area contributed by atoms with Gasteiger partial charge in [0.05, 0.1) is 0 Å². The van der Waals surface area contributed by atoms with E-state index < -0.39 is 0 Å². The number of nitrogens with two attached hydrogens (primary N) is 1. The van der Waals surface area contributed by atoms with Crippen molar-refractivity contribution in [2.45, 2.75) is 45.1 Å². The molecule has 2 rings (SSSR count). The normalized spacial score (nSPS) is 29.4. The number of piperidine rings is 1. The molecular weight excluding hydrogens is 214 g/mol. The lowest BCUT2D eigenvalue weighted by Crippen LogP contribution is -2.53. The monoisotopic (exact) mass is 239 g/mol. The van der Waals surface area contributed by atoms with Crippen molar-refractivity contribution in [3.05, 3.63) is 0 Å². The summed E-state index contributed by atoms with van der Waals surface area (Å²) in [5, 5.41) is 3.53. The minimum atomic E-state index is -0.256. The smallest absolute Gasteiger partial charge is 0.314 e. The summed E-state index contributed by atoms with van der Waals surface area (Å²) in [5.74, 6) is 1.58. The van der Waals surface area contributed by atoms with Crippen molar-refractivity contribution < 1.29 is 4.79 Å². The van der Waals surface area contributed by atoms with E-state index in [0.29, 0.717) is 12.0 Å². The second kappa shape index (κ2) is 5.71. The van der Waals surface area contributed by atoms with Gasteiger partial charge in [0.1, 0.15) is 0 Å². The molecule has 4 nitrogen and oxygen atoms in total. The molecule has 0 spiro atoms. The fourth-order valence-corrected chi connectivity index (χ4v) is 2.88. The number of carbonyl (C=O) groups excluding carboxylic acids is 1. The highest BCUT2D eigenvalue weighted by Crippen LogP contribution is 2.37. The van der Waals surface area contributed by atoms with Crippen LogP contribution in [-0.4, -0.2) is 36.6 Å². The van der Waals surface area contributed by atoms with Crippen molar-refractivity contribution in [2.75, 3.05) is 19.6 Å². The number of urea groups is 1. The van der Waals surface area contributed by atoms with E-state index in [4.69, 9.17) is 5.73 Å². The van der Waals surface area contributed by atoms with E-state index in [-0.39, 0.29) is 6.03 Å². The molecule has 4 heteroatoms. The van der Waals surface area contributed by atoms with Gasteiger partial charge in [-0.25, -0.2) is 4.79 Å². The summed E-state index contributed by atoms with van der Waals surface area (Å²) >= 11 is 0. The maximum absolute atomic E-state index is 11.3. The Bertz CT molecular complexity index is 265. The molecule has 3 N–H and O–H groups in total. The Balaban J connectivity index is 1.86. The molecule has 17 heavy (non-hydrogen) atoms. The van der Waals surface area contributed by atoms with Crippen LogP contribution in [-0.2, 0) is 0 Å². The Labute approximate surface area is 104 Å². The molecule has 98 valence electrons. The van der Waals surface area contributed by atoms with E-state index in [2.05, 4.69) is 12.2 Å². The zero-order chi connectivity index (χ0) is 12.3. The average molecular weight is 239 g/mol. The third kappa shape index (κ3) is 3.87. The Morgan fingerprint density at radius 1 is 1.35 bits per heavy atom. The van der Waals surface area contributed by atoms with Crippen molar-refractivity contribution >= 4 is 6.03 Å². The number of likely N-dealkylation sites (tertiary alicyclic amines) is 1. The number of nitrogens with one attached hydrogen (secondary N) is 1. The van der Waals surface area contributed by atoms with Gasteiger partial charge in [-0.15, -0.1) is 0 Å². The summed E-state index contributed by atoms with van der Waals surface area (Å²) in [7, 11) is 0. The Morgan fingerprint density at radius 2 is 2.12 bits per heavy atom. The van der Waals surface area contributed by atoms with Crippen molar-refractivity contribution in [1.82, 2.24) is 10.2 Å². The van der Waals surface area contributed by atoms with Gasteiger partial charge in [-0.05, 0) is 37.6 Å². The number of hydrogen-bond acceptors (Lipinski definition) is 2. The van der Waals surface area contributed by atoms with Gasteiger partial charge in [-0.3, -0.25) is 0 Å². The van der Waals surface area contributed by atoms with Gasteiger partial charge < -0.3 is 16.0 Å². The molecule has 1 heterocycles. The number of rotatable bonds is 5. The lowest BCUT2D eigenvalue weighted by atomic mass is 9.90. The lowest BCUT2D eigenvalue weighted by molar-refractivity contribution is 0.146. The number of carbonyl (C=O) groups is 1. The Hall–Kier alpha value is -0.770. The van der Waals surface area contributed by atoms with Gasteiger partial charge in [0, 0.05) is 19.1 Å². The molecule has 1 saturated heterocycles. The molecule has 1 saturated carbocycles. The summed E-state index contributed by atoms with van der Waals surface area (Å²) in [6, 6.07) is 0.189. The predicted molar refractivity (Wildman–Crippen MR) is 68.7 cm³/mol. The van der Waals surface area contributed by atoms with Crippen LogP contribution >= 0.6 is 0 Å². The van der Waals surface area contributed by atoms with Crippen molar-refractivity contribution in [3.63, 3.8) is 0 Å². The molecule has 2 aliphatic rings. The molecule has 2 atom stereocenters. The first-order valence-corrected chi connectivity index (χ1v) is 6.96. The van der Waals surface area contributed by atoms with E-state index in [1.54, 1.807) is 0 Å². The van der Waals surface area contributed by atoms with Crippen LogP contribution in [0.4, 0.5) is 4.79 Å². The number of nitrogens with zero attached hydrogens (tertiary/aromatic N) is 1. The molecule has 0 aromatic heterocycles. The van der Waals surface area contributed by atoms with Gasteiger partial charge in [0.2, 0.25) is 0 Å². The van der Waals surface area contributed by atoms with Crippen LogP contribution in [0.3, 0.4) is 0 Å². The third-order valence-electron chi connectivity index (χ3n) is 3.90. The molecule has 2 unspecified atom stereocenters. The minimum Gasteiger partial charge on any atom is -0.351 e. The predicted octanol–water partition coefficient (Wildman–Crippen LogP) is 1.56. The number of amides is 2. The SMILES string of the molecule is CCCNC1CC(CC2CC2)CN(C(N)=O)C1. The zero-order valence-electron chi connectivity index (χ0n) is 10.8. The Morgan fingerprint density at radius 3 is 2.71 bits per heavy atom. The Kier molecular flexibility index (Phi) is 4.26. The van der Waals surface area contributed by atoms with Crippen LogP contribution in [0, 0.1) is 11.8 Å². The fraction of sp³-hybridized carbons (Fsp3) is 0.923. The number of hydrogen-bond donors (Lipinski definition) is 2. The van der Waals surface area contributed by atoms with Crippen molar-refractivity contribution in [3.8, 4) is 0 Å².